The highest BCUT2D eigenvalue weighted by molar-refractivity contribution is 6.11. The monoisotopic (exact) mass is 487 g/mol. The minimum absolute atomic E-state index is 0.186. The van der Waals surface area contributed by atoms with Crippen molar-refractivity contribution in [2.24, 2.45) is 0 Å². The van der Waals surface area contributed by atoms with Crippen molar-refractivity contribution in [2.75, 3.05) is 35.0 Å². The van der Waals surface area contributed by atoms with Gasteiger partial charge in [-0.2, -0.15) is 0 Å². The maximum absolute atomic E-state index is 13.1. The van der Waals surface area contributed by atoms with Crippen molar-refractivity contribution in [2.45, 2.75) is 32.6 Å². The lowest BCUT2D eigenvalue weighted by Gasteiger charge is -2.14. The topological polar surface area (TPSA) is 113 Å². The standard InChI is InChI=1S/C26H33NO8/c1-17(25(29)19-15-22(32-3)26(34-5)23(16-19)33-4)13-18-10-11-20(31-2)21(14-18)35-12-8-6-7-9-24(28)27-30/h10-11,13-16,30H,6-9,12H2,1-5H3,(H,27,28)/b17-13+. The highest BCUT2D eigenvalue weighted by atomic mass is 16.5. The Morgan fingerprint density at radius 3 is 2.09 bits per heavy atom. The number of unbranched alkanes of at least 4 members (excludes halogenated alkanes) is 2. The highest BCUT2D eigenvalue weighted by Crippen LogP contribution is 2.39. The van der Waals surface area contributed by atoms with E-state index in [9.17, 15) is 9.59 Å². The summed E-state index contributed by atoms with van der Waals surface area (Å²) < 4.78 is 27.3. The molecule has 0 aromatic heterocycles. The van der Waals surface area contributed by atoms with Crippen molar-refractivity contribution in [1.82, 2.24) is 5.48 Å². The van der Waals surface area contributed by atoms with Crippen LogP contribution in [0.5, 0.6) is 28.7 Å². The summed E-state index contributed by atoms with van der Waals surface area (Å²) in [6.45, 7) is 2.17. The van der Waals surface area contributed by atoms with Crippen LogP contribution in [0.15, 0.2) is 35.9 Å². The molecule has 9 heteroatoms. The Kier molecular flexibility index (Phi) is 10.9. The lowest BCUT2D eigenvalue weighted by molar-refractivity contribution is -0.129. The van der Waals surface area contributed by atoms with Gasteiger partial charge in [-0.1, -0.05) is 6.07 Å². The SMILES string of the molecule is COc1ccc(/C=C(\C)C(=O)c2cc(OC)c(OC)c(OC)c2)cc1OCCCCCC(=O)NO. The number of carbonyl (C=O) groups is 2. The lowest BCUT2D eigenvalue weighted by atomic mass is 10.0. The smallest absolute Gasteiger partial charge is 0.243 e. The van der Waals surface area contributed by atoms with E-state index in [0.29, 0.717) is 52.9 Å². The van der Waals surface area contributed by atoms with Gasteiger partial charge in [0.1, 0.15) is 0 Å². The van der Waals surface area contributed by atoms with Gasteiger partial charge in [0.15, 0.2) is 28.8 Å². The second-order valence-corrected chi connectivity index (χ2v) is 7.67. The van der Waals surface area contributed by atoms with Crippen molar-refractivity contribution in [1.29, 1.82) is 0 Å². The number of ketones is 1. The van der Waals surface area contributed by atoms with Gasteiger partial charge in [0.25, 0.3) is 0 Å². The first-order chi connectivity index (χ1) is 16.9. The molecular formula is C26H33NO8. The maximum atomic E-state index is 13.1. The number of carbonyl (C=O) groups excluding carboxylic acids is 2. The van der Waals surface area contributed by atoms with Crippen LogP contribution >= 0.6 is 0 Å². The molecule has 0 aliphatic carbocycles. The fraction of sp³-hybridized carbons (Fsp3) is 0.385. The van der Waals surface area contributed by atoms with E-state index in [-0.39, 0.29) is 12.2 Å². The number of allylic oxidation sites excluding steroid dienone is 1. The van der Waals surface area contributed by atoms with Gasteiger partial charge in [-0.25, -0.2) is 5.48 Å². The molecule has 0 heterocycles. The summed E-state index contributed by atoms with van der Waals surface area (Å²) in [6.07, 6.45) is 4.20. The largest absolute Gasteiger partial charge is 0.493 e. The summed E-state index contributed by atoms with van der Waals surface area (Å²) in [5.74, 6) is 1.78. The number of rotatable bonds is 14. The minimum Gasteiger partial charge on any atom is -0.493 e. The minimum atomic E-state index is -0.400. The summed E-state index contributed by atoms with van der Waals surface area (Å²) in [4.78, 5) is 24.2. The molecule has 0 saturated heterocycles. The summed E-state index contributed by atoms with van der Waals surface area (Å²) in [6, 6.07) is 8.67. The number of nitrogens with one attached hydrogen (secondary N) is 1. The molecule has 0 aliphatic rings. The van der Waals surface area contributed by atoms with Crippen molar-refractivity contribution in [3.05, 3.63) is 47.0 Å². The quantitative estimate of drug-likeness (QED) is 0.132. The van der Waals surface area contributed by atoms with E-state index in [1.165, 1.54) is 21.3 Å². The van der Waals surface area contributed by atoms with E-state index in [2.05, 4.69) is 0 Å². The number of amides is 1. The van der Waals surface area contributed by atoms with Crippen LogP contribution in [0.1, 0.15) is 48.5 Å². The first kappa shape index (κ1) is 27.5. The summed E-state index contributed by atoms with van der Waals surface area (Å²) in [5.41, 5.74) is 3.32. The normalized spacial score (nSPS) is 11.0. The lowest BCUT2D eigenvalue weighted by Crippen LogP contribution is -2.17. The second kappa shape index (κ2) is 13.9. The van der Waals surface area contributed by atoms with Crippen LogP contribution in [0.4, 0.5) is 0 Å². The van der Waals surface area contributed by atoms with E-state index in [1.807, 2.05) is 12.1 Å². The summed E-state index contributed by atoms with van der Waals surface area (Å²) in [7, 11) is 6.06. The molecule has 35 heavy (non-hydrogen) atoms. The number of Topliss-reactive ketones (excluding diaryl/α,β-unsaturated/α-hetero) is 1. The van der Waals surface area contributed by atoms with Crippen LogP contribution in [-0.2, 0) is 4.79 Å². The fourth-order valence-electron chi connectivity index (χ4n) is 3.45. The van der Waals surface area contributed by atoms with E-state index >= 15 is 0 Å². The zero-order valence-corrected chi connectivity index (χ0v) is 20.8. The van der Waals surface area contributed by atoms with Gasteiger partial charge < -0.3 is 23.7 Å². The Balaban J connectivity index is 2.15. The second-order valence-electron chi connectivity index (χ2n) is 7.67. The molecule has 0 spiro atoms. The number of hydrogen-bond donors (Lipinski definition) is 2. The average Bonchev–Trinajstić information content (AvgIpc) is 2.88. The number of benzene rings is 2. The van der Waals surface area contributed by atoms with Crippen LogP contribution < -0.4 is 29.2 Å². The molecule has 0 unspecified atom stereocenters. The molecule has 9 nitrogen and oxygen atoms in total. The molecule has 0 atom stereocenters. The van der Waals surface area contributed by atoms with Crippen LogP contribution in [0.2, 0.25) is 0 Å². The molecule has 0 radical (unpaired) electrons. The Morgan fingerprint density at radius 2 is 1.51 bits per heavy atom. The predicted octanol–water partition coefficient (Wildman–Crippen LogP) is 4.45. The maximum Gasteiger partial charge on any atom is 0.243 e. The molecule has 2 aromatic carbocycles. The van der Waals surface area contributed by atoms with Gasteiger partial charge in [0.2, 0.25) is 11.7 Å². The van der Waals surface area contributed by atoms with Crippen LogP contribution in [0.3, 0.4) is 0 Å². The predicted molar refractivity (Wildman–Crippen MR) is 131 cm³/mol. The molecule has 0 saturated carbocycles. The Hall–Kier alpha value is -3.72. The number of hydroxylamine groups is 1. The first-order valence-corrected chi connectivity index (χ1v) is 11.1. The third kappa shape index (κ3) is 7.65. The average molecular weight is 488 g/mol. The van der Waals surface area contributed by atoms with Gasteiger partial charge in [-0.05, 0) is 67.7 Å². The third-order valence-corrected chi connectivity index (χ3v) is 5.29. The fourth-order valence-corrected chi connectivity index (χ4v) is 3.45. The Morgan fingerprint density at radius 1 is 0.857 bits per heavy atom. The molecular weight excluding hydrogens is 454 g/mol. The van der Waals surface area contributed by atoms with Crippen molar-refractivity contribution in [3.8, 4) is 28.7 Å². The van der Waals surface area contributed by atoms with Crippen molar-refractivity contribution < 1.29 is 38.5 Å². The van der Waals surface area contributed by atoms with Gasteiger partial charge in [0, 0.05) is 12.0 Å². The first-order valence-electron chi connectivity index (χ1n) is 11.1. The van der Waals surface area contributed by atoms with Gasteiger partial charge >= 0.3 is 0 Å². The molecule has 0 fully saturated rings. The Bertz CT molecular complexity index is 1020. The van der Waals surface area contributed by atoms with Gasteiger partial charge in [-0.3, -0.25) is 14.8 Å². The zero-order valence-electron chi connectivity index (χ0n) is 20.8. The van der Waals surface area contributed by atoms with Gasteiger partial charge in [-0.15, -0.1) is 0 Å². The van der Waals surface area contributed by atoms with E-state index in [1.54, 1.807) is 43.8 Å². The molecule has 0 bridgehead atoms. The number of hydrogen-bond acceptors (Lipinski definition) is 8. The highest BCUT2D eigenvalue weighted by Gasteiger charge is 2.18. The third-order valence-electron chi connectivity index (χ3n) is 5.29. The molecule has 2 aromatic rings. The van der Waals surface area contributed by atoms with Crippen LogP contribution in [0.25, 0.3) is 6.08 Å². The number of methoxy groups -OCH3 is 4. The van der Waals surface area contributed by atoms with Crippen molar-refractivity contribution >= 4 is 17.8 Å². The van der Waals surface area contributed by atoms with E-state index in [0.717, 1.165) is 18.4 Å². The molecule has 190 valence electrons. The van der Waals surface area contributed by atoms with E-state index < -0.39 is 5.91 Å². The zero-order chi connectivity index (χ0) is 25.8. The van der Waals surface area contributed by atoms with Crippen LogP contribution in [0, 0.1) is 0 Å². The van der Waals surface area contributed by atoms with Crippen LogP contribution in [-0.4, -0.2) is 51.9 Å². The number of ether oxygens (including phenoxy) is 5. The summed E-state index contributed by atoms with van der Waals surface area (Å²) >= 11 is 0. The molecule has 1 amide bonds. The molecule has 2 rings (SSSR count). The van der Waals surface area contributed by atoms with Crippen molar-refractivity contribution in [3.63, 3.8) is 0 Å². The molecule has 0 aliphatic heterocycles. The molecule has 2 N–H and O–H groups in total. The Labute approximate surface area is 205 Å². The van der Waals surface area contributed by atoms with E-state index in [4.69, 9.17) is 28.9 Å². The summed E-state index contributed by atoms with van der Waals surface area (Å²) in [5, 5.41) is 8.52. The van der Waals surface area contributed by atoms with Gasteiger partial charge in [0.05, 0.1) is 35.0 Å².